The van der Waals surface area contributed by atoms with Crippen LogP contribution in [0.2, 0.25) is 0 Å². The van der Waals surface area contributed by atoms with Crippen LogP contribution in [0.3, 0.4) is 0 Å². The number of isocyanates is 1. The largest absolute Gasteiger partial charge is 0.270 e. The molecule has 0 N–H and O–H groups in total. The molecule has 0 amide bonds. The molecule has 15 heavy (non-hydrogen) atoms. The molecule has 80 valence electrons. The number of hydrogen-bond donors (Lipinski definition) is 0. The van der Waals surface area contributed by atoms with E-state index in [0.717, 1.165) is 0 Å². The molecule has 0 spiro atoms. The zero-order valence-corrected chi connectivity index (χ0v) is 8.94. The average Bonchev–Trinajstić information content (AvgIpc) is 2.61. The van der Waals surface area contributed by atoms with E-state index in [9.17, 15) is 4.79 Å². The van der Waals surface area contributed by atoms with Crippen molar-refractivity contribution in [3.8, 4) is 0 Å². The van der Waals surface area contributed by atoms with Crippen LogP contribution in [0.5, 0.6) is 0 Å². The minimum atomic E-state index is 0.480. The van der Waals surface area contributed by atoms with E-state index >= 15 is 0 Å². The first kappa shape index (κ1) is 10.1. The molecule has 1 aromatic heterocycles. The van der Waals surface area contributed by atoms with Crippen molar-refractivity contribution in [3.63, 3.8) is 0 Å². The fraction of sp³-hybridized carbons (Fsp3) is 0.636. The van der Waals surface area contributed by atoms with Crippen LogP contribution in [-0.4, -0.2) is 15.9 Å². The van der Waals surface area contributed by atoms with Crippen molar-refractivity contribution in [3.05, 3.63) is 11.8 Å². The highest BCUT2D eigenvalue weighted by Crippen LogP contribution is 2.33. The molecule has 0 unspecified atom stereocenters. The summed E-state index contributed by atoms with van der Waals surface area (Å²) >= 11 is 0. The Balaban J connectivity index is 2.22. The molecule has 4 heteroatoms. The summed E-state index contributed by atoms with van der Waals surface area (Å²) in [6.07, 6.45) is 7.91. The summed E-state index contributed by atoms with van der Waals surface area (Å²) in [6, 6.07) is 1.90. The van der Waals surface area contributed by atoms with Crippen LogP contribution in [0, 0.1) is 0 Å². The summed E-state index contributed by atoms with van der Waals surface area (Å²) in [7, 11) is 1.91. The number of hydrogen-bond acceptors (Lipinski definition) is 3. The predicted molar refractivity (Wildman–Crippen MR) is 56.8 cm³/mol. The minimum absolute atomic E-state index is 0.480. The third-order valence-electron chi connectivity index (χ3n) is 3.09. The van der Waals surface area contributed by atoms with Gasteiger partial charge in [0.05, 0.1) is 0 Å². The second kappa shape index (κ2) is 4.41. The van der Waals surface area contributed by atoms with Crippen molar-refractivity contribution >= 4 is 11.9 Å². The molecule has 0 bridgehead atoms. The molecular formula is C11H15N3O. The molecule has 0 aromatic carbocycles. The summed E-state index contributed by atoms with van der Waals surface area (Å²) < 4.78 is 1.84. The maximum absolute atomic E-state index is 10.1. The van der Waals surface area contributed by atoms with Gasteiger partial charge >= 0.3 is 0 Å². The molecule has 1 fully saturated rings. The van der Waals surface area contributed by atoms with E-state index in [2.05, 4.69) is 10.1 Å². The van der Waals surface area contributed by atoms with Gasteiger partial charge in [-0.05, 0) is 12.8 Å². The fourth-order valence-corrected chi connectivity index (χ4v) is 2.35. The third-order valence-corrected chi connectivity index (χ3v) is 3.09. The quantitative estimate of drug-likeness (QED) is 0.550. The Kier molecular flexibility index (Phi) is 2.97. The van der Waals surface area contributed by atoms with Gasteiger partial charge in [0.15, 0.2) is 5.82 Å². The minimum Gasteiger partial charge on any atom is -0.270 e. The third kappa shape index (κ3) is 2.16. The summed E-state index contributed by atoms with van der Waals surface area (Å²) in [5.41, 5.74) is 1.20. The van der Waals surface area contributed by atoms with Gasteiger partial charge < -0.3 is 0 Å². The first-order valence-electron chi connectivity index (χ1n) is 5.43. The summed E-state index contributed by atoms with van der Waals surface area (Å²) in [5, 5.41) is 4.16. The van der Waals surface area contributed by atoms with Crippen LogP contribution in [0.25, 0.3) is 0 Å². The molecule has 1 aromatic rings. The molecule has 1 heterocycles. The van der Waals surface area contributed by atoms with Gasteiger partial charge in [-0.2, -0.15) is 5.10 Å². The van der Waals surface area contributed by atoms with Crippen LogP contribution < -0.4 is 0 Å². The van der Waals surface area contributed by atoms with E-state index in [1.807, 2.05) is 17.8 Å². The fourth-order valence-electron chi connectivity index (χ4n) is 2.35. The average molecular weight is 205 g/mol. The lowest BCUT2D eigenvalue weighted by molar-refractivity contribution is 0.424. The lowest BCUT2D eigenvalue weighted by Crippen LogP contribution is -2.09. The predicted octanol–water partition coefficient (Wildman–Crippen LogP) is 2.44. The van der Waals surface area contributed by atoms with Gasteiger partial charge in [0.25, 0.3) is 0 Å². The van der Waals surface area contributed by atoms with Gasteiger partial charge in [-0.15, -0.1) is 4.99 Å². The van der Waals surface area contributed by atoms with Gasteiger partial charge in [0.1, 0.15) is 0 Å². The summed E-state index contributed by atoms with van der Waals surface area (Å²) in [5.74, 6) is 1.07. The van der Waals surface area contributed by atoms with Crippen molar-refractivity contribution in [1.82, 2.24) is 9.78 Å². The Bertz CT molecular complexity index is 385. The molecule has 0 saturated heterocycles. The zero-order valence-electron chi connectivity index (χ0n) is 8.94. The van der Waals surface area contributed by atoms with Gasteiger partial charge in [-0.25, -0.2) is 4.79 Å². The van der Waals surface area contributed by atoms with Gasteiger partial charge in [-0.3, -0.25) is 4.68 Å². The van der Waals surface area contributed by atoms with Crippen molar-refractivity contribution in [1.29, 1.82) is 0 Å². The normalized spacial score (nSPS) is 17.4. The Hall–Kier alpha value is -1.41. The Morgan fingerprint density at radius 1 is 1.47 bits per heavy atom. The molecule has 1 aliphatic rings. The summed E-state index contributed by atoms with van der Waals surface area (Å²) in [4.78, 5) is 13.7. The molecule has 1 aliphatic carbocycles. The standard InChI is InChI=1S/C11H15N3O/c1-14-10(7-11(13-14)12-8-15)9-5-3-2-4-6-9/h7,9H,2-6H2,1H3. The topological polar surface area (TPSA) is 47.2 Å². The van der Waals surface area contributed by atoms with E-state index in [1.165, 1.54) is 43.9 Å². The van der Waals surface area contributed by atoms with E-state index < -0.39 is 0 Å². The number of nitrogens with zero attached hydrogens (tertiary/aromatic N) is 3. The highest BCUT2D eigenvalue weighted by molar-refractivity contribution is 5.45. The molecule has 4 nitrogen and oxygen atoms in total. The van der Waals surface area contributed by atoms with E-state index in [4.69, 9.17) is 0 Å². The second-order valence-electron chi connectivity index (χ2n) is 4.09. The lowest BCUT2D eigenvalue weighted by atomic mass is 9.87. The van der Waals surface area contributed by atoms with Crippen LogP contribution in [0.15, 0.2) is 11.1 Å². The van der Waals surface area contributed by atoms with Crippen LogP contribution in [0.4, 0.5) is 5.82 Å². The Morgan fingerprint density at radius 3 is 2.87 bits per heavy atom. The maximum atomic E-state index is 10.1. The monoisotopic (exact) mass is 205 g/mol. The van der Waals surface area contributed by atoms with Crippen molar-refractivity contribution in [2.45, 2.75) is 38.0 Å². The highest BCUT2D eigenvalue weighted by Gasteiger charge is 2.19. The molecule has 0 atom stereocenters. The van der Waals surface area contributed by atoms with Crippen molar-refractivity contribution in [2.24, 2.45) is 12.0 Å². The molecule has 0 radical (unpaired) electrons. The molecule has 1 saturated carbocycles. The maximum Gasteiger partial charge on any atom is 0.242 e. The Morgan fingerprint density at radius 2 is 2.20 bits per heavy atom. The molecule has 2 rings (SSSR count). The van der Waals surface area contributed by atoms with Crippen LogP contribution in [-0.2, 0) is 11.8 Å². The summed E-state index contributed by atoms with van der Waals surface area (Å²) in [6.45, 7) is 0. The first-order valence-corrected chi connectivity index (χ1v) is 5.43. The Labute approximate surface area is 89.0 Å². The first-order chi connectivity index (χ1) is 7.31. The lowest BCUT2D eigenvalue weighted by Gasteiger charge is -2.21. The number of aromatic nitrogens is 2. The highest BCUT2D eigenvalue weighted by atomic mass is 16.1. The molecular weight excluding hydrogens is 190 g/mol. The number of aryl methyl sites for hydroxylation is 1. The van der Waals surface area contributed by atoms with Crippen LogP contribution >= 0.6 is 0 Å². The number of aliphatic imine (C=N–C) groups is 1. The molecule has 0 aliphatic heterocycles. The zero-order chi connectivity index (χ0) is 10.7. The van der Waals surface area contributed by atoms with Gasteiger partial charge in [0, 0.05) is 24.7 Å². The van der Waals surface area contributed by atoms with Crippen LogP contribution in [0.1, 0.15) is 43.7 Å². The van der Waals surface area contributed by atoms with Crippen molar-refractivity contribution < 1.29 is 4.79 Å². The van der Waals surface area contributed by atoms with Gasteiger partial charge in [0.2, 0.25) is 6.08 Å². The number of rotatable bonds is 2. The second-order valence-corrected chi connectivity index (χ2v) is 4.09. The van der Waals surface area contributed by atoms with Crippen molar-refractivity contribution in [2.75, 3.05) is 0 Å². The van der Waals surface area contributed by atoms with Gasteiger partial charge in [-0.1, -0.05) is 19.3 Å². The van der Waals surface area contributed by atoms with E-state index in [-0.39, 0.29) is 0 Å². The van der Waals surface area contributed by atoms with E-state index in [1.54, 1.807) is 0 Å². The smallest absolute Gasteiger partial charge is 0.242 e. The van der Waals surface area contributed by atoms with E-state index in [0.29, 0.717) is 11.7 Å². The SMILES string of the molecule is Cn1nc(N=C=O)cc1C1CCCCC1. The number of carbonyl (C=O) groups excluding carboxylic acids is 1.